The monoisotopic (exact) mass is 163 g/mol. The quantitative estimate of drug-likeness (QED) is 0.612. The molecule has 4 heteroatoms. The first-order valence-electron chi connectivity index (χ1n) is 3.53. The molecule has 2 nitrogen and oxygen atoms in total. The van der Waals surface area contributed by atoms with Gasteiger partial charge in [0.05, 0.1) is 0 Å². The first-order valence-corrected chi connectivity index (χ1v) is 3.53. The van der Waals surface area contributed by atoms with Crippen molar-refractivity contribution in [1.29, 1.82) is 0 Å². The summed E-state index contributed by atoms with van der Waals surface area (Å²) in [5.74, 6) is 0. The largest absolute Gasteiger partial charge is 0.386 e. The summed E-state index contributed by atoms with van der Waals surface area (Å²) in [4.78, 5) is 1.76. The number of halogens is 2. The fraction of sp³-hybridized carbons (Fsp3) is 0.714. The Morgan fingerprint density at radius 3 is 2.36 bits per heavy atom. The Bertz CT molecular complexity index is 141. The molecule has 1 aliphatic heterocycles. The first kappa shape index (κ1) is 8.62. The van der Waals surface area contributed by atoms with Crippen LogP contribution in [0.5, 0.6) is 0 Å². The lowest BCUT2D eigenvalue weighted by Gasteiger charge is -2.18. The van der Waals surface area contributed by atoms with Crippen LogP contribution in [0.15, 0.2) is 12.2 Å². The third-order valence-electron chi connectivity index (χ3n) is 1.63. The van der Waals surface area contributed by atoms with Crippen molar-refractivity contribution in [1.82, 2.24) is 4.90 Å². The van der Waals surface area contributed by atoms with Gasteiger partial charge in [0.25, 0.3) is 6.43 Å². The van der Waals surface area contributed by atoms with Gasteiger partial charge in [-0.05, 0) is 0 Å². The molecule has 64 valence electrons. The molecule has 1 atom stereocenters. The number of β-amino-alcohol motifs (C(OH)–C–C–N with tert-alkyl or cyclic N) is 1. The van der Waals surface area contributed by atoms with E-state index in [1.807, 2.05) is 12.2 Å². The maximum Gasteiger partial charge on any atom is 0.265 e. The highest BCUT2D eigenvalue weighted by Crippen LogP contribution is 2.05. The fourth-order valence-corrected chi connectivity index (χ4v) is 1.02. The summed E-state index contributed by atoms with van der Waals surface area (Å²) in [5, 5.41) is 8.77. The van der Waals surface area contributed by atoms with Crippen molar-refractivity contribution in [2.24, 2.45) is 0 Å². The zero-order valence-electron chi connectivity index (χ0n) is 6.08. The molecule has 0 radical (unpaired) electrons. The summed E-state index contributed by atoms with van der Waals surface area (Å²) in [6, 6.07) is 0. The van der Waals surface area contributed by atoms with E-state index in [0.29, 0.717) is 13.1 Å². The summed E-state index contributed by atoms with van der Waals surface area (Å²) < 4.78 is 23.6. The number of aliphatic hydroxyl groups excluding tert-OH is 1. The molecule has 1 N–H and O–H groups in total. The Labute approximate surface area is 64.1 Å². The van der Waals surface area contributed by atoms with Crippen LogP contribution in [-0.2, 0) is 0 Å². The SMILES string of the molecule is OC(CN1CC=CC1)C(F)F. The number of aliphatic hydroxyl groups is 1. The van der Waals surface area contributed by atoms with Crippen LogP contribution in [0.25, 0.3) is 0 Å². The van der Waals surface area contributed by atoms with Gasteiger partial charge in [-0.25, -0.2) is 8.78 Å². The highest BCUT2D eigenvalue weighted by Gasteiger charge is 2.20. The second kappa shape index (κ2) is 3.78. The van der Waals surface area contributed by atoms with Crippen LogP contribution in [0.1, 0.15) is 0 Å². The van der Waals surface area contributed by atoms with Crippen molar-refractivity contribution >= 4 is 0 Å². The van der Waals surface area contributed by atoms with Crippen molar-refractivity contribution in [2.75, 3.05) is 19.6 Å². The van der Waals surface area contributed by atoms with Crippen LogP contribution < -0.4 is 0 Å². The van der Waals surface area contributed by atoms with Gasteiger partial charge < -0.3 is 5.11 Å². The molecule has 0 spiro atoms. The molecular formula is C7H11F2NO. The average Bonchev–Trinajstić information content (AvgIpc) is 2.39. The highest BCUT2D eigenvalue weighted by atomic mass is 19.3. The summed E-state index contributed by atoms with van der Waals surface area (Å²) in [7, 11) is 0. The van der Waals surface area contributed by atoms with E-state index in [1.54, 1.807) is 4.90 Å². The van der Waals surface area contributed by atoms with E-state index in [-0.39, 0.29) is 6.54 Å². The lowest BCUT2D eigenvalue weighted by molar-refractivity contribution is -0.0193. The third kappa shape index (κ3) is 2.55. The Morgan fingerprint density at radius 1 is 1.36 bits per heavy atom. The van der Waals surface area contributed by atoms with Gasteiger partial charge in [0.1, 0.15) is 6.10 Å². The van der Waals surface area contributed by atoms with E-state index < -0.39 is 12.5 Å². The minimum Gasteiger partial charge on any atom is -0.386 e. The van der Waals surface area contributed by atoms with Gasteiger partial charge in [0, 0.05) is 19.6 Å². The maximum atomic E-state index is 11.8. The van der Waals surface area contributed by atoms with Gasteiger partial charge >= 0.3 is 0 Å². The van der Waals surface area contributed by atoms with Crippen molar-refractivity contribution in [3.63, 3.8) is 0 Å². The Morgan fingerprint density at radius 2 is 1.91 bits per heavy atom. The molecule has 0 aliphatic carbocycles. The molecule has 0 aromatic rings. The summed E-state index contributed by atoms with van der Waals surface area (Å²) in [5.41, 5.74) is 0. The van der Waals surface area contributed by atoms with Crippen molar-refractivity contribution < 1.29 is 13.9 Å². The van der Waals surface area contributed by atoms with E-state index in [4.69, 9.17) is 5.11 Å². The topological polar surface area (TPSA) is 23.5 Å². The normalized spacial score (nSPS) is 21.5. The lowest BCUT2D eigenvalue weighted by Crippen LogP contribution is -2.34. The molecule has 0 fully saturated rings. The lowest BCUT2D eigenvalue weighted by atomic mass is 10.3. The van der Waals surface area contributed by atoms with Crippen molar-refractivity contribution in [2.45, 2.75) is 12.5 Å². The Balaban J connectivity index is 2.20. The van der Waals surface area contributed by atoms with E-state index in [1.165, 1.54) is 0 Å². The van der Waals surface area contributed by atoms with E-state index in [2.05, 4.69) is 0 Å². The minimum absolute atomic E-state index is 0.0602. The Kier molecular flexibility index (Phi) is 2.96. The molecule has 0 saturated heterocycles. The average molecular weight is 163 g/mol. The van der Waals surface area contributed by atoms with Crippen LogP contribution in [0.4, 0.5) is 8.78 Å². The van der Waals surface area contributed by atoms with Gasteiger partial charge in [0.15, 0.2) is 0 Å². The molecule has 0 aromatic heterocycles. The number of hydrogen-bond donors (Lipinski definition) is 1. The van der Waals surface area contributed by atoms with Crippen molar-refractivity contribution in [3.05, 3.63) is 12.2 Å². The maximum absolute atomic E-state index is 11.8. The molecule has 1 rings (SSSR count). The molecule has 1 unspecified atom stereocenters. The second-order valence-corrected chi connectivity index (χ2v) is 2.59. The van der Waals surface area contributed by atoms with Crippen LogP contribution in [0.2, 0.25) is 0 Å². The zero-order chi connectivity index (χ0) is 8.27. The van der Waals surface area contributed by atoms with Gasteiger partial charge in [-0.2, -0.15) is 0 Å². The molecule has 1 heterocycles. The van der Waals surface area contributed by atoms with Gasteiger partial charge in [-0.3, -0.25) is 4.90 Å². The number of rotatable bonds is 3. The highest BCUT2D eigenvalue weighted by molar-refractivity contribution is 4.95. The molecule has 0 amide bonds. The molecular weight excluding hydrogens is 152 g/mol. The van der Waals surface area contributed by atoms with Crippen LogP contribution in [-0.4, -0.2) is 42.2 Å². The molecule has 0 bridgehead atoms. The standard InChI is InChI=1S/C7H11F2NO/c8-7(9)6(11)5-10-3-1-2-4-10/h1-2,6-7,11H,3-5H2. The number of hydrogen-bond acceptors (Lipinski definition) is 2. The van der Waals surface area contributed by atoms with Gasteiger partial charge in [-0.1, -0.05) is 12.2 Å². The van der Waals surface area contributed by atoms with E-state index >= 15 is 0 Å². The third-order valence-corrected chi connectivity index (χ3v) is 1.63. The van der Waals surface area contributed by atoms with Crippen molar-refractivity contribution in [3.8, 4) is 0 Å². The van der Waals surface area contributed by atoms with Crippen LogP contribution >= 0.6 is 0 Å². The number of alkyl halides is 2. The summed E-state index contributed by atoms with van der Waals surface area (Å²) in [6.07, 6.45) is -0.332. The predicted octanol–water partition coefficient (Wildman–Crippen LogP) is 0.484. The zero-order valence-corrected chi connectivity index (χ0v) is 6.08. The fourth-order valence-electron chi connectivity index (χ4n) is 1.02. The van der Waals surface area contributed by atoms with E-state index in [0.717, 1.165) is 0 Å². The minimum atomic E-state index is -2.63. The molecule has 0 aromatic carbocycles. The smallest absolute Gasteiger partial charge is 0.265 e. The van der Waals surface area contributed by atoms with Gasteiger partial charge in [0.2, 0.25) is 0 Å². The molecule has 11 heavy (non-hydrogen) atoms. The molecule has 1 aliphatic rings. The second-order valence-electron chi connectivity index (χ2n) is 2.59. The predicted molar refractivity (Wildman–Crippen MR) is 37.6 cm³/mol. The van der Waals surface area contributed by atoms with Crippen LogP contribution in [0, 0.1) is 0 Å². The summed E-state index contributed by atoms with van der Waals surface area (Å²) >= 11 is 0. The van der Waals surface area contributed by atoms with Gasteiger partial charge in [-0.15, -0.1) is 0 Å². The number of nitrogens with zero attached hydrogens (tertiary/aromatic N) is 1. The van der Waals surface area contributed by atoms with E-state index in [9.17, 15) is 8.78 Å². The Hall–Kier alpha value is -0.480. The first-order chi connectivity index (χ1) is 5.20. The van der Waals surface area contributed by atoms with Crippen LogP contribution in [0.3, 0.4) is 0 Å². The summed E-state index contributed by atoms with van der Waals surface area (Å²) in [6.45, 7) is 1.40. The molecule has 0 saturated carbocycles.